The maximum atomic E-state index is 13.0. The zero-order chi connectivity index (χ0) is 19.6. The van der Waals surface area contributed by atoms with Gasteiger partial charge in [0.05, 0.1) is 38.8 Å². The number of methoxy groups -OCH3 is 3. The zero-order valence-corrected chi connectivity index (χ0v) is 15.2. The van der Waals surface area contributed by atoms with Crippen molar-refractivity contribution < 1.29 is 24.1 Å². The van der Waals surface area contributed by atoms with Crippen LogP contribution in [0.2, 0.25) is 0 Å². The molecule has 0 aliphatic heterocycles. The lowest BCUT2D eigenvalue weighted by Gasteiger charge is -2.15. The van der Waals surface area contributed by atoms with Crippen molar-refractivity contribution in [3.63, 3.8) is 0 Å². The van der Waals surface area contributed by atoms with Crippen LogP contribution in [0.15, 0.2) is 47.4 Å². The van der Waals surface area contributed by atoms with Crippen LogP contribution in [-0.4, -0.2) is 37.0 Å². The van der Waals surface area contributed by atoms with Crippen molar-refractivity contribution in [2.75, 3.05) is 21.3 Å². The minimum absolute atomic E-state index is 0.200. The van der Waals surface area contributed by atoms with Gasteiger partial charge >= 0.3 is 5.97 Å². The molecule has 2 aromatic carbocycles. The Kier molecular flexibility index (Phi) is 5.03. The molecule has 1 aromatic heterocycles. The molecule has 0 bridgehead atoms. The molecule has 0 radical (unpaired) electrons. The summed E-state index contributed by atoms with van der Waals surface area (Å²) >= 11 is 0. The molecule has 0 atom stereocenters. The van der Waals surface area contributed by atoms with Crippen molar-refractivity contribution in [2.45, 2.75) is 6.54 Å². The molecule has 0 amide bonds. The summed E-state index contributed by atoms with van der Waals surface area (Å²) in [5.41, 5.74) is 0.800. The van der Waals surface area contributed by atoms with Gasteiger partial charge in [-0.05, 0) is 29.8 Å². The molecular formula is C20H19NO6. The van der Waals surface area contributed by atoms with Crippen molar-refractivity contribution in [1.82, 2.24) is 4.57 Å². The number of aromatic carboxylic acids is 1. The highest BCUT2D eigenvalue weighted by Crippen LogP contribution is 2.42. The lowest BCUT2D eigenvalue weighted by atomic mass is 10.1. The second-order valence-electron chi connectivity index (χ2n) is 5.86. The summed E-state index contributed by atoms with van der Waals surface area (Å²) < 4.78 is 17.7. The number of fused-ring (bicyclic) bond motifs is 1. The first-order valence-corrected chi connectivity index (χ1v) is 8.14. The molecule has 3 rings (SSSR count). The smallest absolute Gasteiger partial charge is 0.335 e. The summed E-state index contributed by atoms with van der Waals surface area (Å²) in [6.45, 7) is 0.311. The predicted octanol–water partition coefficient (Wildman–Crippen LogP) is 2.77. The van der Waals surface area contributed by atoms with Crippen LogP contribution in [0.3, 0.4) is 0 Å². The van der Waals surface area contributed by atoms with E-state index in [1.165, 1.54) is 33.5 Å². The average molecular weight is 369 g/mol. The number of aromatic nitrogens is 1. The minimum Gasteiger partial charge on any atom is -0.493 e. The summed E-state index contributed by atoms with van der Waals surface area (Å²) in [5.74, 6) is 0.274. The monoisotopic (exact) mass is 369 g/mol. The molecule has 1 N–H and O–H groups in total. The van der Waals surface area contributed by atoms with Crippen molar-refractivity contribution in [3.8, 4) is 17.2 Å². The van der Waals surface area contributed by atoms with Gasteiger partial charge in [-0.1, -0.05) is 12.1 Å². The molecule has 7 nitrogen and oxygen atoms in total. The molecule has 0 spiro atoms. The lowest BCUT2D eigenvalue weighted by Crippen LogP contribution is -2.20. The number of carboxylic acid groups (broad SMARTS) is 1. The van der Waals surface area contributed by atoms with Gasteiger partial charge in [-0.3, -0.25) is 4.79 Å². The number of nitrogens with zero attached hydrogens (tertiary/aromatic N) is 1. The maximum Gasteiger partial charge on any atom is 0.335 e. The van der Waals surface area contributed by atoms with Gasteiger partial charge in [0.15, 0.2) is 11.5 Å². The van der Waals surface area contributed by atoms with Gasteiger partial charge in [0.25, 0.3) is 5.56 Å². The molecule has 0 saturated carbocycles. The first-order valence-electron chi connectivity index (χ1n) is 8.14. The van der Waals surface area contributed by atoms with E-state index in [1.807, 2.05) is 0 Å². The third kappa shape index (κ3) is 3.31. The fraction of sp³-hybridized carbons (Fsp3) is 0.200. The molecule has 0 saturated heterocycles. The fourth-order valence-electron chi connectivity index (χ4n) is 2.98. The van der Waals surface area contributed by atoms with Crippen LogP contribution in [-0.2, 0) is 6.54 Å². The third-order valence-electron chi connectivity index (χ3n) is 4.33. The highest BCUT2D eigenvalue weighted by atomic mass is 16.5. The third-order valence-corrected chi connectivity index (χ3v) is 4.33. The Morgan fingerprint density at radius 2 is 1.63 bits per heavy atom. The number of pyridine rings is 1. The Hall–Kier alpha value is -3.48. The Bertz CT molecular complexity index is 1050. The molecule has 27 heavy (non-hydrogen) atoms. The number of carbonyl (C=O) groups is 1. The van der Waals surface area contributed by atoms with E-state index in [0.717, 1.165) is 5.56 Å². The van der Waals surface area contributed by atoms with E-state index in [9.17, 15) is 9.59 Å². The Labute approximate surface area is 155 Å². The number of hydrogen-bond donors (Lipinski definition) is 1. The van der Waals surface area contributed by atoms with Crippen molar-refractivity contribution in [2.24, 2.45) is 0 Å². The van der Waals surface area contributed by atoms with Gasteiger partial charge in [-0.15, -0.1) is 0 Å². The fourth-order valence-corrected chi connectivity index (χ4v) is 2.98. The van der Waals surface area contributed by atoms with Crippen LogP contribution in [0.1, 0.15) is 15.9 Å². The van der Waals surface area contributed by atoms with E-state index < -0.39 is 5.97 Å². The maximum absolute atomic E-state index is 13.0. The first-order chi connectivity index (χ1) is 13.0. The lowest BCUT2D eigenvalue weighted by molar-refractivity contribution is 0.0697. The second-order valence-corrected chi connectivity index (χ2v) is 5.86. The van der Waals surface area contributed by atoms with Crippen LogP contribution in [0, 0.1) is 0 Å². The van der Waals surface area contributed by atoms with Crippen LogP contribution < -0.4 is 19.8 Å². The predicted molar refractivity (Wildman–Crippen MR) is 100 cm³/mol. The van der Waals surface area contributed by atoms with Gasteiger partial charge in [-0.25, -0.2) is 4.79 Å². The van der Waals surface area contributed by atoms with Crippen LogP contribution >= 0.6 is 0 Å². The summed E-state index contributed by atoms with van der Waals surface area (Å²) in [7, 11) is 4.51. The molecule has 0 aliphatic rings. The number of hydrogen-bond acceptors (Lipinski definition) is 5. The molecule has 1 heterocycles. The molecule has 3 aromatic rings. The van der Waals surface area contributed by atoms with Crippen molar-refractivity contribution >= 4 is 16.7 Å². The van der Waals surface area contributed by atoms with Crippen LogP contribution in [0.5, 0.6) is 17.2 Å². The number of carboxylic acids is 1. The average Bonchev–Trinajstić information content (AvgIpc) is 2.69. The molecule has 0 fully saturated rings. The standard InChI is InChI=1S/C20H19NO6/c1-25-16-10-15-14(17(26-2)18(16)27-3)8-9-21(19(15)22)11-12-4-6-13(7-5-12)20(23)24/h4-10H,11H2,1-3H3,(H,23,24). The molecule has 0 unspecified atom stereocenters. The highest BCUT2D eigenvalue weighted by molar-refractivity contribution is 5.92. The van der Waals surface area contributed by atoms with E-state index in [2.05, 4.69) is 0 Å². The van der Waals surface area contributed by atoms with Crippen molar-refractivity contribution in [3.05, 3.63) is 64.1 Å². The first kappa shape index (κ1) is 18.3. The summed E-state index contributed by atoms with van der Waals surface area (Å²) in [4.78, 5) is 23.9. The van der Waals surface area contributed by atoms with E-state index >= 15 is 0 Å². The minimum atomic E-state index is -0.988. The van der Waals surface area contributed by atoms with E-state index in [1.54, 1.807) is 35.0 Å². The summed E-state index contributed by atoms with van der Waals surface area (Å²) in [5, 5.41) is 10.0. The van der Waals surface area contributed by atoms with E-state index in [4.69, 9.17) is 19.3 Å². The van der Waals surface area contributed by atoms with Gasteiger partial charge < -0.3 is 23.9 Å². The van der Waals surface area contributed by atoms with Crippen LogP contribution in [0.25, 0.3) is 10.8 Å². The molecule has 7 heteroatoms. The van der Waals surface area contributed by atoms with Gasteiger partial charge in [0.2, 0.25) is 5.75 Å². The number of benzene rings is 2. The largest absolute Gasteiger partial charge is 0.493 e. The van der Waals surface area contributed by atoms with Gasteiger partial charge in [-0.2, -0.15) is 0 Å². The quantitative estimate of drug-likeness (QED) is 0.719. The number of ether oxygens (including phenoxy) is 3. The summed E-state index contributed by atoms with van der Waals surface area (Å²) in [6, 6.07) is 9.82. The number of rotatable bonds is 6. The van der Waals surface area contributed by atoms with E-state index in [0.29, 0.717) is 34.6 Å². The van der Waals surface area contributed by atoms with Gasteiger partial charge in [0.1, 0.15) is 0 Å². The Morgan fingerprint density at radius 3 is 2.19 bits per heavy atom. The SMILES string of the molecule is COc1cc2c(=O)n(Cc3ccc(C(=O)O)cc3)ccc2c(OC)c1OC. The normalized spacial score (nSPS) is 10.6. The second kappa shape index (κ2) is 7.41. The highest BCUT2D eigenvalue weighted by Gasteiger charge is 2.18. The van der Waals surface area contributed by atoms with Gasteiger partial charge in [0, 0.05) is 11.6 Å². The topological polar surface area (TPSA) is 87.0 Å². The molecular weight excluding hydrogens is 350 g/mol. The zero-order valence-electron chi connectivity index (χ0n) is 15.2. The van der Waals surface area contributed by atoms with Crippen molar-refractivity contribution in [1.29, 1.82) is 0 Å². The molecule has 0 aliphatic carbocycles. The van der Waals surface area contributed by atoms with Crippen LogP contribution in [0.4, 0.5) is 0 Å². The molecule has 140 valence electrons. The Morgan fingerprint density at radius 1 is 0.963 bits per heavy atom. The Balaban J connectivity index is 2.09. The van der Waals surface area contributed by atoms with E-state index in [-0.39, 0.29) is 11.1 Å². The summed E-state index contributed by atoms with van der Waals surface area (Å²) in [6.07, 6.45) is 1.67.